The lowest BCUT2D eigenvalue weighted by atomic mass is 9.91. The molecule has 12 nitrogen and oxygen atoms in total. The van der Waals surface area contributed by atoms with Crippen LogP contribution in [0.25, 0.3) is 0 Å². The second-order valence-corrected chi connectivity index (χ2v) is 5.96. The Hall–Kier alpha value is -2.02. The molecule has 24 heavy (non-hydrogen) atoms. The number of tetrazole rings is 2. The SMILES string of the molecule is CC(O)C(CN[C@H](c1nn[nH]n1)[C@@H](C)[C@H](C)O)C(N)c1nn[nH]n1. The largest absolute Gasteiger partial charge is 0.393 e. The van der Waals surface area contributed by atoms with Gasteiger partial charge in [0.1, 0.15) is 0 Å². The van der Waals surface area contributed by atoms with Crippen molar-refractivity contribution in [1.82, 2.24) is 46.6 Å². The quantitative estimate of drug-likeness (QED) is 0.299. The maximum Gasteiger partial charge on any atom is 0.191 e. The van der Waals surface area contributed by atoms with Gasteiger partial charge in [-0.25, -0.2) is 0 Å². The van der Waals surface area contributed by atoms with Gasteiger partial charge in [0.15, 0.2) is 11.6 Å². The summed E-state index contributed by atoms with van der Waals surface area (Å²) in [6.07, 6.45) is -1.30. The topological polar surface area (TPSA) is 187 Å². The van der Waals surface area contributed by atoms with E-state index in [0.29, 0.717) is 18.2 Å². The lowest BCUT2D eigenvalue weighted by Crippen LogP contribution is -2.42. The molecule has 2 aromatic heterocycles. The van der Waals surface area contributed by atoms with Gasteiger partial charge >= 0.3 is 0 Å². The molecule has 3 unspecified atom stereocenters. The number of aliphatic hydroxyl groups excluding tert-OH is 2. The summed E-state index contributed by atoms with van der Waals surface area (Å²) in [5.41, 5.74) is 6.14. The highest BCUT2D eigenvalue weighted by molar-refractivity contribution is 4.97. The Bertz CT molecular complexity index is 573. The number of aromatic amines is 2. The molecule has 0 aliphatic heterocycles. The summed E-state index contributed by atoms with van der Waals surface area (Å²) in [7, 11) is 0. The number of nitrogens with one attached hydrogen (secondary N) is 3. The van der Waals surface area contributed by atoms with Gasteiger partial charge in [-0.05, 0) is 13.8 Å². The molecule has 134 valence electrons. The lowest BCUT2D eigenvalue weighted by Gasteiger charge is -2.29. The van der Waals surface area contributed by atoms with E-state index >= 15 is 0 Å². The molecule has 0 aromatic carbocycles. The van der Waals surface area contributed by atoms with E-state index in [1.807, 2.05) is 6.92 Å². The Morgan fingerprint density at radius 1 is 1.00 bits per heavy atom. The number of aromatic nitrogens is 8. The van der Waals surface area contributed by atoms with Crippen molar-refractivity contribution in [1.29, 1.82) is 0 Å². The number of hydrogen-bond donors (Lipinski definition) is 6. The predicted octanol–water partition coefficient (Wildman–Crippen LogP) is -1.94. The van der Waals surface area contributed by atoms with Crippen molar-refractivity contribution in [3.05, 3.63) is 11.6 Å². The second-order valence-electron chi connectivity index (χ2n) is 5.96. The highest BCUT2D eigenvalue weighted by atomic mass is 16.3. The Labute approximate surface area is 138 Å². The van der Waals surface area contributed by atoms with E-state index in [1.54, 1.807) is 13.8 Å². The van der Waals surface area contributed by atoms with Crippen LogP contribution in [0.3, 0.4) is 0 Å². The maximum atomic E-state index is 10.1. The molecular formula is C12H24N10O2. The Kier molecular flexibility index (Phi) is 6.25. The van der Waals surface area contributed by atoms with Crippen LogP contribution in [0.4, 0.5) is 0 Å². The van der Waals surface area contributed by atoms with Crippen LogP contribution in [0.15, 0.2) is 0 Å². The first kappa shape index (κ1) is 18.3. The molecule has 0 aliphatic rings. The van der Waals surface area contributed by atoms with Crippen LogP contribution >= 0.6 is 0 Å². The number of hydrogen-bond acceptors (Lipinski definition) is 10. The van der Waals surface area contributed by atoms with Gasteiger partial charge in [-0.3, -0.25) is 0 Å². The summed E-state index contributed by atoms with van der Waals surface area (Å²) in [6.45, 7) is 5.54. The average molecular weight is 340 g/mol. The van der Waals surface area contributed by atoms with Crippen molar-refractivity contribution in [3.63, 3.8) is 0 Å². The number of nitrogens with two attached hydrogens (primary N) is 1. The Morgan fingerprint density at radius 3 is 2.04 bits per heavy atom. The van der Waals surface area contributed by atoms with E-state index in [-0.39, 0.29) is 17.9 Å². The lowest BCUT2D eigenvalue weighted by molar-refractivity contribution is 0.0854. The zero-order valence-electron chi connectivity index (χ0n) is 13.8. The molecule has 12 heteroatoms. The van der Waals surface area contributed by atoms with Crippen LogP contribution in [0.1, 0.15) is 44.5 Å². The van der Waals surface area contributed by atoms with Crippen LogP contribution in [0.2, 0.25) is 0 Å². The zero-order chi connectivity index (χ0) is 17.7. The molecule has 2 rings (SSSR count). The van der Waals surface area contributed by atoms with Gasteiger partial charge in [0.05, 0.1) is 24.3 Å². The van der Waals surface area contributed by atoms with Gasteiger partial charge in [0.25, 0.3) is 0 Å². The molecule has 0 aliphatic carbocycles. The summed E-state index contributed by atoms with van der Waals surface area (Å²) < 4.78 is 0. The normalized spacial score (nSPS) is 19.4. The highest BCUT2D eigenvalue weighted by Crippen LogP contribution is 2.24. The molecule has 7 N–H and O–H groups in total. The number of rotatable bonds is 9. The van der Waals surface area contributed by atoms with Crippen LogP contribution in [0.5, 0.6) is 0 Å². The van der Waals surface area contributed by atoms with E-state index in [0.717, 1.165) is 0 Å². The minimum atomic E-state index is -0.709. The third-order valence-corrected chi connectivity index (χ3v) is 4.24. The first-order valence-electron chi connectivity index (χ1n) is 7.73. The summed E-state index contributed by atoms with van der Waals surface area (Å²) >= 11 is 0. The molecular weight excluding hydrogens is 316 g/mol. The smallest absolute Gasteiger partial charge is 0.191 e. The maximum absolute atomic E-state index is 10.1. The fourth-order valence-electron chi connectivity index (χ4n) is 2.45. The molecule has 6 atom stereocenters. The van der Waals surface area contributed by atoms with E-state index in [1.165, 1.54) is 0 Å². The number of H-pyrrole nitrogens is 2. The fraction of sp³-hybridized carbons (Fsp3) is 0.833. The van der Waals surface area contributed by atoms with Crippen molar-refractivity contribution in [3.8, 4) is 0 Å². The highest BCUT2D eigenvalue weighted by Gasteiger charge is 2.31. The Morgan fingerprint density at radius 2 is 1.58 bits per heavy atom. The Balaban J connectivity index is 2.10. The molecule has 0 saturated carbocycles. The summed E-state index contributed by atoms with van der Waals surface area (Å²) in [4.78, 5) is 0. The van der Waals surface area contributed by atoms with Gasteiger partial charge < -0.3 is 21.3 Å². The summed E-state index contributed by atoms with van der Waals surface area (Å²) in [5.74, 6) is 0.195. The first-order chi connectivity index (χ1) is 11.4. The average Bonchev–Trinajstić information content (AvgIpc) is 3.22. The van der Waals surface area contributed by atoms with Gasteiger partial charge in [0, 0.05) is 18.4 Å². The van der Waals surface area contributed by atoms with Gasteiger partial charge in [-0.1, -0.05) is 17.4 Å². The molecule has 0 saturated heterocycles. The second kappa shape index (κ2) is 8.19. The molecule has 0 radical (unpaired) electrons. The van der Waals surface area contributed by atoms with E-state index in [4.69, 9.17) is 5.73 Å². The monoisotopic (exact) mass is 340 g/mol. The minimum absolute atomic E-state index is 0.182. The van der Waals surface area contributed by atoms with Gasteiger partial charge in [-0.15, -0.1) is 20.4 Å². The van der Waals surface area contributed by atoms with Crippen molar-refractivity contribution in [2.75, 3.05) is 6.54 Å². The zero-order valence-corrected chi connectivity index (χ0v) is 13.8. The minimum Gasteiger partial charge on any atom is -0.393 e. The van der Waals surface area contributed by atoms with Crippen molar-refractivity contribution >= 4 is 0 Å². The van der Waals surface area contributed by atoms with Crippen molar-refractivity contribution in [2.24, 2.45) is 17.6 Å². The number of aliphatic hydroxyl groups is 2. The van der Waals surface area contributed by atoms with E-state index in [2.05, 4.69) is 46.6 Å². The van der Waals surface area contributed by atoms with Gasteiger partial charge in [0.2, 0.25) is 0 Å². The third-order valence-electron chi connectivity index (χ3n) is 4.24. The standard InChI is InChI=1S/C12H24N10O2/c1-5(6(2)23)10(12-17-21-22-18-12)14-4-8(7(3)24)9(13)11-15-19-20-16-11/h5-10,14,23-24H,4,13H2,1-3H3,(H,15,16,19,20)(H,17,18,21,22)/t5-,6-,7?,8?,9?,10-/m0/s1. The fourth-order valence-corrected chi connectivity index (χ4v) is 2.45. The first-order valence-corrected chi connectivity index (χ1v) is 7.73. The van der Waals surface area contributed by atoms with Crippen LogP contribution in [0, 0.1) is 11.8 Å². The molecule has 0 bridgehead atoms. The van der Waals surface area contributed by atoms with E-state index < -0.39 is 18.2 Å². The third kappa shape index (κ3) is 4.29. The molecule has 0 amide bonds. The van der Waals surface area contributed by atoms with Crippen molar-refractivity contribution in [2.45, 2.75) is 45.1 Å². The van der Waals surface area contributed by atoms with Crippen LogP contribution < -0.4 is 11.1 Å². The van der Waals surface area contributed by atoms with Gasteiger partial charge in [-0.2, -0.15) is 10.4 Å². The molecule has 2 heterocycles. The van der Waals surface area contributed by atoms with Crippen molar-refractivity contribution < 1.29 is 10.2 Å². The summed E-state index contributed by atoms with van der Waals surface area (Å²) in [5, 5.41) is 50.7. The van der Waals surface area contributed by atoms with E-state index in [9.17, 15) is 10.2 Å². The van der Waals surface area contributed by atoms with Crippen LogP contribution in [-0.4, -0.2) is 70.2 Å². The molecule has 0 fully saturated rings. The number of nitrogens with zero attached hydrogens (tertiary/aromatic N) is 6. The molecule has 0 spiro atoms. The summed E-state index contributed by atoms with van der Waals surface area (Å²) in [6, 6.07) is -0.966. The molecule has 2 aromatic rings. The van der Waals surface area contributed by atoms with Crippen LogP contribution in [-0.2, 0) is 0 Å². The predicted molar refractivity (Wildman–Crippen MR) is 82.0 cm³/mol.